The Morgan fingerprint density at radius 1 is 1.43 bits per heavy atom. The van der Waals surface area contributed by atoms with E-state index < -0.39 is 0 Å². The first kappa shape index (κ1) is 11.0. The Labute approximate surface area is 84.7 Å². The maximum Gasteiger partial charge on any atom is 0.118 e. The second kappa shape index (κ2) is 4.98. The SMILES string of the molecule is Cc1cc([C@H](N)CCCN)ccc1O. The molecule has 1 aromatic rings. The van der Waals surface area contributed by atoms with Gasteiger partial charge in [-0.15, -0.1) is 0 Å². The van der Waals surface area contributed by atoms with Gasteiger partial charge in [-0.25, -0.2) is 0 Å². The summed E-state index contributed by atoms with van der Waals surface area (Å²) in [6.45, 7) is 2.54. The lowest BCUT2D eigenvalue weighted by Crippen LogP contribution is -2.12. The van der Waals surface area contributed by atoms with Crippen LogP contribution in [-0.2, 0) is 0 Å². The lowest BCUT2D eigenvalue weighted by atomic mass is 10.0. The Kier molecular flexibility index (Phi) is 3.92. The van der Waals surface area contributed by atoms with E-state index in [0.29, 0.717) is 12.3 Å². The van der Waals surface area contributed by atoms with E-state index in [1.54, 1.807) is 6.07 Å². The van der Waals surface area contributed by atoms with Gasteiger partial charge in [-0.3, -0.25) is 0 Å². The van der Waals surface area contributed by atoms with E-state index in [0.717, 1.165) is 24.0 Å². The van der Waals surface area contributed by atoms with Crippen LogP contribution in [0.3, 0.4) is 0 Å². The number of hydrogen-bond acceptors (Lipinski definition) is 3. The van der Waals surface area contributed by atoms with Crippen molar-refractivity contribution in [1.29, 1.82) is 0 Å². The summed E-state index contributed by atoms with van der Waals surface area (Å²) in [6.07, 6.45) is 1.82. The van der Waals surface area contributed by atoms with Gasteiger partial charge in [-0.1, -0.05) is 12.1 Å². The summed E-state index contributed by atoms with van der Waals surface area (Å²) in [6, 6.07) is 5.50. The van der Waals surface area contributed by atoms with Crippen molar-refractivity contribution in [2.24, 2.45) is 11.5 Å². The molecule has 0 unspecified atom stereocenters. The third-order valence-corrected chi connectivity index (χ3v) is 2.37. The molecule has 0 spiro atoms. The standard InChI is InChI=1S/C11H18N2O/c1-8-7-9(4-5-11(8)14)10(13)3-2-6-12/h4-5,7,10,14H,2-3,6,12-13H2,1H3/t10-/m1/s1. The molecule has 3 heteroatoms. The average molecular weight is 194 g/mol. The van der Waals surface area contributed by atoms with Gasteiger partial charge < -0.3 is 16.6 Å². The largest absolute Gasteiger partial charge is 0.508 e. The highest BCUT2D eigenvalue weighted by molar-refractivity contribution is 5.36. The minimum Gasteiger partial charge on any atom is -0.508 e. The fourth-order valence-electron chi connectivity index (χ4n) is 1.41. The second-order valence-electron chi connectivity index (χ2n) is 3.58. The van der Waals surface area contributed by atoms with E-state index in [1.807, 2.05) is 19.1 Å². The zero-order valence-electron chi connectivity index (χ0n) is 8.53. The van der Waals surface area contributed by atoms with Crippen LogP contribution in [0.15, 0.2) is 18.2 Å². The van der Waals surface area contributed by atoms with Gasteiger partial charge in [-0.2, -0.15) is 0 Å². The summed E-state index contributed by atoms with van der Waals surface area (Å²) < 4.78 is 0. The first-order chi connectivity index (χ1) is 6.65. The predicted molar refractivity (Wildman–Crippen MR) is 58.1 cm³/mol. The topological polar surface area (TPSA) is 72.3 Å². The molecule has 1 atom stereocenters. The molecule has 1 rings (SSSR count). The molecule has 1 aromatic carbocycles. The van der Waals surface area contributed by atoms with Gasteiger partial charge in [0.05, 0.1) is 0 Å². The molecule has 0 aliphatic heterocycles. The Bertz CT molecular complexity index is 299. The average Bonchev–Trinajstić information content (AvgIpc) is 2.18. The number of benzene rings is 1. The van der Waals surface area contributed by atoms with Crippen LogP contribution in [-0.4, -0.2) is 11.7 Å². The van der Waals surface area contributed by atoms with Gasteiger partial charge in [0, 0.05) is 6.04 Å². The maximum atomic E-state index is 9.34. The highest BCUT2D eigenvalue weighted by atomic mass is 16.3. The van der Waals surface area contributed by atoms with Crippen molar-refractivity contribution in [3.8, 4) is 5.75 Å². The van der Waals surface area contributed by atoms with E-state index in [1.165, 1.54) is 0 Å². The molecule has 0 bridgehead atoms. The van der Waals surface area contributed by atoms with Gasteiger partial charge in [0.25, 0.3) is 0 Å². The molecule has 0 radical (unpaired) electrons. The summed E-state index contributed by atoms with van der Waals surface area (Å²) in [5, 5.41) is 9.34. The Morgan fingerprint density at radius 3 is 2.71 bits per heavy atom. The minimum atomic E-state index is 0.0258. The van der Waals surface area contributed by atoms with Crippen LogP contribution < -0.4 is 11.5 Å². The van der Waals surface area contributed by atoms with Crippen molar-refractivity contribution < 1.29 is 5.11 Å². The smallest absolute Gasteiger partial charge is 0.118 e. The van der Waals surface area contributed by atoms with Crippen LogP contribution in [0.2, 0.25) is 0 Å². The van der Waals surface area contributed by atoms with E-state index in [-0.39, 0.29) is 6.04 Å². The van der Waals surface area contributed by atoms with Crippen LogP contribution in [0.5, 0.6) is 5.75 Å². The Morgan fingerprint density at radius 2 is 2.14 bits per heavy atom. The molecule has 0 fully saturated rings. The Hall–Kier alpha value is -1.06. The molecule has 0 heterocycles. The summed E-state index contributed by atoms with van der Waals surface area (Å²) in [4.78, 5) is 0. The van der Waals surface area contributed by atoms with Gasteiger partial charge in [0.15, 0.2) is 0 Å². The number of phenols is 1. The van der Waals surface area contributed by atoms with Crippen molar-refractivity contribution in [3.63, 3.8) is 0 Å². The molecule has 0 aromatic heterocycles. The number of aryl methyl sites for hydroxylation is 1. The molecule has 5 N–H and O–H groups in total. The molecular formula is C11H18N2O. The molecular weight excluding hydrogens is 176 g/mol. The number of nitrogens with two attached hydrogens (primary N) is 2. The summed E-state index contributed by atoms with van der Waals surface area (Å²) in [7, 11) is 0. The van der Waals surface area contributed by atoms with Crippen LogP contribution >= 0.6 is 0 Å². The number of aromatic hydroxyl groups is 1. The van der Waals surface area contributed by atoms with Crippen molar-refractivity contribution in [2.45, 2.75) is 25.8 Å². The number of rotatable bonds is 4. The molecule has 0 saturated carbocycles. The van der Waals surface area contributed by atoms with Crippen LogP contribution in [0.4, 0.5) is 0 Å². The molecule has 0 aliphatic carbocycles. The molecule has 3 nitrogen and oxygen atoms in total. The maximum absolute atomic E-state index is 9.34. The van der Waals surface area contributed by atoms with Crippen LogP contribution in [0, 0.1) is 6.92 Å². The monoisotopic (exact) mass is 194 g/mol. The molecule has 0 aliphatic rings. The molecule has 78 valence electrons. The summed E-state index contributed by atoms with van der Waals surface area (Å²) >= 11 is 0. The zero-order valence-corrected chi connectivity index (χ0v) is 8.53. The highest BCUT2D eigenvalue weighted by Gasteiger charge is 2.06. The van der Waals surface area contributed by atoms with E-state index in [9.17, 15) is 5.11 Å². The number of phenolic OH excluding ortho intramolecular Hbond substituents is 1. The van der Waals surface area contributed by atoms with E-state index >= 15 is 0 Å². The predicted octanol–water partition coefficient (Wildman–Crippen LogP) is 1.44. The van der Waals surface area contributed by atoms with Gasteiger partial charge >= 0.3 is 0 Å². The lowest BCUT2D eigenvalue weighted by molar-refractivity contribution is 0.470. The highest BCUT2D eigenvalue weighted by Crippen LogP contribution is 2.22. The summed E-state index contributed by atoms with van der Waals surface area (Å²) in [5.74, 6) is 0.319. The fourth-order valence-corrected chi connectivity index (χ4v) is 1.41. The van der Waals surface area contributed by atoms with Gasteiger partial charge in [-0.05, 0) is 43.5 Å². The quantitative estimate of drug-likeness (QED) is 0.679. The van der Waals surface area contributed by atoms with Crippen LogP contribution in [0.25, 0.3) is 0 Å². The van der Waals surface area contributed by atoms with Crippen molar-refractivity contribution >= 4 is 0 Å². The fraction of sp³-hybridized carbons (Fsp3) is 0.455. The van der Waals surface area contributed by atoms with E-state index in [4.69, 9.17) is 11.5 Å². The minimum absolute atomic E-state index is 0.0258. The molecule has 0 saturated heterocycles. The molecule has 14 heavy (non-hydrogen) atoms. The van der Waals surface area contributed by atoms with E-state index in [2.05, 4.69) is 0 Å². The van der Waals surface area contributed by atoms with Crippen molar-refractivity contribution in [2.75, 3.05) is 6.54 Å². The Balaban J connectivity index is 2.70. The van der Waals surface area contributed by atoms with Crippen LogP contribution in [0.1, 0.15) is 30.0 Å². The normalized spacial score (nSPS) is 12.8. The first-order valence-corrected chi connectivity index (χ1v) is 4.90. The van der Waals surface area contributed by atoms with Gasteiger partial charge in [0.1, 0.15) is 5.75 Å². The van der Waals surface area contributed by atoms with Crippen molar-refractivity contribution in [1.82, 2.24) is 0 Å². The lowest BCUT2D eigenvalue weighted by Gasteiger charge is -2.12. The van der Waals surface area contributed by atoms with Gasteiger partial charge in [0.2, 0.25) is 0 Å². The third kappa shape index (κ3) is 2.72. The zero-order chi connectivity index (χ0) is 10.6. The summed E-state index contributed by atoms with van der Waals surface area (Å²) in [5.41, 5.74) is 13.3. The second-order valence-corrected chi connectivity index (χ2v) is 3.58. The van der Waals surface area contributed by atoms with Crippen molar-refractivity contribution in [3.05, 3.63) is 29.3 Å². The first-order valence-electron chi connectivity index (χ1n) is 4.90. The third-order valence-electron chi connectivity index (χ3n) is 2.37. The molecule has 0 amide bonds. The number of hydrogen-bond donors (Lipinski definition) is 3.